The number of aromatic nitrogens is 1. The predicted molar refractivity (Wildman–Crippen MR) is 102 cm³/mol. The van der Waals surface area contributed by atoms with E-state index in [0.717, 1.165) is 39.9 Å². The van der Waals surface area contributed by atoms with Gasteiger partial charge in [-0.2, -0.15) is 5.26 Å². The Hall–Kier alpha value is -2.64. The van der Waals surface area contributed by atoms with Gasteiger partial charge in [0, 0.05) is 10.3 Å². The summed E-state index contributed by atoms with van der Waals surface area (Å²) in [6, 6.07) is 13.5. The summed E-state index contributed by atoms with van der Waals surface area (Å²) in [6.07, 6.45) is 5.13. The third-order valence-corrected chi connectivity index (χ3v) is 5.92. The molecule has 3 nitrogen and oxygen atoms in total. The molecule has 0 fully saturated rings. The topological polar surface area (TPSA) is 56.9 Å². The Balaban J connectivity index is 1.80. The van der Waals surface area contributed by atoms with E-state index >= 15 is 0 Å². The van der Waals surface area contributed by atoms with Gasteiger partial charge in [0.05, 0.1) is 11.3 Å². The molecular weight excluding hydrogens is 328 g/mol. The number of hydrogen-bond acceptors (Lipinski definition) is 4. The number of rotatable bonds is 2. The molecule has 1 heterocycles. The molecule has 0 saturated carbocycles. The number of benzene rings is 2. The number of phenols is 1. The van der Waals surface area contributed by atoms with Crippen LogP contribution in [0.1, 0.15) is 34.5 Å². The molecule has 25 heavy (non-hydrogen) atoms. The van der Waals surface area contributed by atoms with Gasteiger partial charge in [0.15, 0.2) is 0 Å². The van der Waals surface area contributed by atoms with E-state index in [1.165, 1.54) is 11.3 Å². The van der Waals surface area contributed by atoms with Crippen molar-refractivity contribution in [3.63, 3.8) is 0 Å². The van der Waals surface area contributed by atoms with Gasteiger partial charge in [-0.25, -0.2) is 4.98 Å². The quantitative estimate of drug-likeness (QED) is 0.650. The van der Waals surface area contributed by atoms with Crippen LogP contribution in [0.25, 0.3) is 22.4 Å². The number of hydrogen-bond donors (Lipinski definition) is 1. The van der Waals surface area contributed by atoms with Gasteiger partial charge in [-0.3, -0.25) is 0 Å². The van der Waals surface area contributed by atoms with Gasteiger partial charge in [0.2, 0.25) is 0 Å². The predicted octanol–water partition coefficient (Wildman–Crippen LogP) is 5.19. The van der Waals surface area contributed by atoms with Crippen LogP contribution in [-0.4, -0.2) is 10.1 Å². The smallest absolute Gasteiger partial charge is 0.134 e. The molecule has 1 aliphatic carbocycles. The Bertz CT molecular complexity index is 1030. The van der Waals surface area contributed by atoms with Gasteiger partial charge in [0.1, 0.15) is 16.8 Å². The van der Waals surface area contributed by atoms with Crippen molar-refractivity contribution in [1.29, 1.82) is 5.26 Å². The van der Waals surface area contributed by atoms with Crippen molar-refractivity contribution in [2.45, 2.75) is 26.2 Å². The average molecular weight is 346 g/mol. The molecular formula is C21H18N2OS. The molecule has 0 aliphatic heterocycles. The molecule has 3 aromatic rings. The zero-order valence-corrected chi connectivity index (χ0v) is 14.8. The van der Waals surface area contributed by atoms with Crippen LogP contribution < -0.4 is 0 Å². The van der Waals surface area contributed by atoms with Crippen LogP contribution in [0.2, 0.25) is 0 Å². The molecule has 0 saturated heterocycles. The summed E-state index contributed by atoms with van der Waals surface area (Å²) in [5.41, 5.74) is 2.67. The molecule has 1 aliphatic rings. The SMILES string of the molecule is C[C@H]1CCc2nc(/C(C#N)=C/c3ccc(O)c4ccccc34)sc2C1. The largest absolute Gasteiger partial charge is 0.507 e. The van der Waals surface area contributed by atoms with E-state index in [9.17, 15) is 10.4 Å². The Morgan fingerprint density at radius 1 is 1.28 bits per heavy atom. The second-order valence-corrected chi connectivity index (χ2v) is 7.71. The maximum Gasteiger partial charge on any atom is 0.134 e. The zero-order valence-electron chi connectivity index (χ0n) is 14.0. The number of aryl methyl sites for hydroxylation is 1. The van der Waals surface area contributed by atoms with Gasteiger partial charge in [0.25, 0.3) is 0 Å². The molecule has 0 amide bonds. The number of aromatic hydroxyl groups is 1. The lowest BCUT2D eigenvalue weighted by atomic mass is 9.93. The lowest BCUT2D eigenvalue weighted by Gasteiger charge is -2.15. The van der Waals surface area contributed by atoms with Crippen molar-refractivity contribution >= 4 is 33.8 Å². The first-order chi connectivity index (χ1) is 12.2. The Labute approximate surface area is 150 Å². The average Bonchev–Trinajstić information content (AvgIpc) is 3.04. The molecule has 1 aromatic heterocycles. The summed E-state index contributed by atoms with van der Waals surface area (Å²) in [7, 11) is 0. The minimum Gasteiger partial charge on any atom is -0.507 e. The van der Waals surface area contributed by atoms with E-state index in [0.29, 0.717) is 11.5 Å². The normalized spacial score (nSPS) is 17.3. The second-order valence-electron chi connectivity index (χ2n) is 6.63. The van der Waals surface area contributed by atoms with Crippen molar-refractivity contribution < 1.29 is 5.11 Å². The molecule has 124 valence electrons. The maximum absolute atomic E-state index is 10.0. The van der Waals surface area contributed by atoms with Crippen molar-refractivity contribution in [1.82, 2.24) is 4.98 Å². The Morgan fingerprint density at radius 3 is 2.88 bits per heavy atom. The lowest BCUT2D eigenvalue weighted by Crippen LogP contribution is -2.09. The number of allylic oxidation sites excluding steroid dienone is 1. The van der Waals surface area contributed by atoms with Gasteiger partial charge in [-0.15, -0.1) is 11.3 Å². The van der Waals surface area contributed by atoms with Gasteiger partial charge < -0.3 is 5.11 Å². The number of nitrogens with zero attached hydrogens (tertiary/aromatic N) is 2. The second kappa shape index (κ2) is 6.34. The monoisotopic (exact) mass is 346 g/mol. The van der Waals surface area contributed by atoms with Gasteiger partial charge >= 0.3 is 0 Å². The maximum atomic E-state index is 10.0. The summed E-state index contributed by atoms with van der Waals surface area (Å²) in [6.45, 7) is 2.27. The van der Waals surface area contributed by atoms with Crippen molar-refractivity contribution in [2.24, 2.45) is 5.92 Å². The first kappa shape index (κ1) is 15.9. The summed E-state index contributed by atoms with van der Waals surface area (Å²) >= 11 is 1.65. The zero-order chi connectivity index (χ0) is 17.4. The molecule has 0 unspecified atom stereocenters. The van der Waals surface area contributed by atoms with Crippen LogP contribution in [-0.2, 0) is 12.8 Å². The molecule has 4 rings (SSSR count). The standard InChI is InChI=1S/C21H18N2OS/c1-13-6-8-18-20(10-13)25-21(23-18)15(12-22)11-14-7-9-19(24)17-5-3-2-4-16(14)17/h2-5,7,9,11,13,24H,6,8,10H2,1H3/b15-11+/t13-/m0/s1. The van der Waals surface area contributed by atoms with Gasteiger partial charge in [-0.1, -0.05) is 37.3 Å². The van der Waals surface area contributed by atoms with Crippen LogP contribution in [0.5, 0.6) is 5.75 Å². The Kier molecular flexibility index (Phi) is 4.03. The van der Waals surface area contributed by atoms with Crippen LogP contribution in [0, 0.1) is 17.2 Å². The molecule has 4 heteroatoms. The van der Waals surface area contributed by atoms with E-state index in [-0.39, 0.29) is 5.75 Å². The Morgan fingerprint density at radius 2 is 2.08 bits per heavy atom. The van der Waals surface area contributed by atoms with Crippen molar-refractivity contribution in [3.8, 4) is 11.8 Å². The minimum absolute atomic E-state index is 0.255. The number of fused-ring (bicyclic) bond motifs is 2. The molecule has 2 aromatic carbocycles. The van der Waals surface area contributed by atoms with Crippen LogP contribution >= 0.6 is 11.3 Å². The molecule has 0 radical (unpaired) electrons. The third-order valence-electron chi connectivity index (χ3n) is 4.77. The minimum atomic E-state index is 0.255. The fourth-order valence-electron chi connectivity index (χ4n) is 3.38. The van der Waals surface area contributed by atoms with E-state index in [4.69, 9.17) is 4.98 Å². The van der Waals surface area contributed by atoms with E-state index in [2.05, 4.69) is 13.0 Å². The highest BCUT2D eigenvalue weighted by Gasteiger charge is 2.21. The first-order valence-electron chi connectivity index (χ1n) is 8.47. The van der Waals surface area contributed by atoms with E-state index < -0.39 is 0 Å². The van der Waals surface area contributed by atoms with Crippen molar-refractivity contribution in [2.75, 3.05) is 0 Å². The van der Waals surface area contributed by atoms with Crippen LogP contribution in [0.4, 0.5) is 0 Å². The molecule has 1 atom stereocenters. The molecule has 0 bridgehead atoms. The summed E-state index contributed by atoms with van der Waals surface area (Å²) in [5.74, 6) is 0.946. The fourth-order valence-corrected chi connectivity index (χ4v) is 4.62. The first-order valence-corrected chi connectivity index (χ1v) is 9.29. The van der Waals surface area contributed by atoms with Crippen LogP contribution in [0.15, 0.2) is 36.4 Å². The number of thiazole rings is 1. The van der Waals surface area contributed by atoms with Gasteiger partial charge in [-0.05, 0) is 48.3 Å². The number of nitriles is 1. The van der Waals surface area contributed by atoms with Crippen molar-refractivity contribution in [3.05, 3.63) is 57.5 Å². The summed E-state index contributed by atoms with van der Waals surface area (Å²) in [4.78, 5) is 6.05. The van der Waals surface area contributed by atoms with E-state index in [1.54, 1.807) is 17.4 Å². The number of phenolic OH excluding ortho intramolecular Hbond substituents is 1. The van der Waals surface area contributed by atoms with Crippen LogP contribution in [0.3, 0.4) is 0 Å². The summed E-state index contributed by atoms with van der Waals surface area (Å²) < 4.78 is 0. The highest BCUT2D eigenvalue weighted by atomic mass is 32.1. The summed E-state index contributed by atoms with van der Waals surface area (Å²) in [5, 5.41) is 22.3. The molecule has 0 spiro atoms. The van der Waals surface area contributed by atoms with E-state index in [1.807, 2.05) is 36.4 Å². The lowest BCUT2D eigenvalue weighted by molar-refractivity contribution is 0.481. The highest BCUT2D eigenvalue weighted by molar-refractivity contribution is 7.13. The fraction of sp³-hybridized carbons (Fsp3) is 0.238. The highest BCUT2D eigenvalue weighted by Crippen LogP contribution is 2.34. The third kappa shape index (κ3) is 2.92. The molecule has 1 N–H and O–H groups in total.